The molecule has 32 heavy (non-hydrogen) atoms. The lowest BCUT2D eigenvalue weighted by atomic mass is 10.0. The highest BCUT2D eigenvalue weighted by Gasteiger charge is 2.35. The van der Waals surface area contributed by atoms with Crippen molar-refractivity contribution in [3.8, 4) is 0 Å². The maximum absolute atomic E-state index is 11.7. The normalized spacial score (nSPS) is 12.5. The largest absolute Gasteiger partial charge is 0.481 e. The Bertz CT molecular complexity index is 648. The molecule has 0 aliphatic rings. The minimum atomic E-state index is -4.96. The van der Waals surface area contributed by atoms with Crippen LogP contribution in [0.2, 0.25) is 0 Å². The lowest BCUT2D eigenvalue weighted by Crippen LogP contribution is -2.38. The van der Waals surface area contributed by atoms with Gasteiger partial charge in [0.2, 0.25) is 0 Å². The summed E-state index contributed by atoms with van der Waals surface area (Å²) in [5.74, 6) is -2.96. The molecule has 0 saturated heterocycles. The third-order valence-electron chi connectivity index (χ3n) is 5.18. The Morgan fingerprint density at radius 1 is 0.812 bits per heavy atom. The van der Waals surface area contributed by atoms with Crippen LogP contribution in [0.15, 0.2) is 0 Å². The molecule has 0 heterocycles. The van der Waals surface area contributed by atoms with Crippen molar-refractivity contribution in [1.82, 2.24) is 5.48 Å². The summed E-state index contributed by atoms with van der Waals surface area (Å²) in [4.78, 5) is 38.2. The van der Waals surface area contributed by atoms with E-state index in [9.17, 15) is 22.8 Å². The van der Waals surface area contributed by atoms with Gasteiger partial charge in [0.1, 0.15) is 0 Å². The summed E-state index contributed by atoms with van der Waals surface area (Å²) in [6, 6.07) is 0. The van der Waals surface area contributed by atoms with Crippen molar-refractivity contribution in [2.24, 2.45) is 5.92 Å². The van der Waals surface area contributed by atoms with E-state index in [-0.39, 0.29) is 6.42 Å². The molecule has 0 aromatic heterocycles. The molecule has 0 saturated carbocycles. The van der Waals surface area contributed by atoms with Crippen LogP contribution in [-0.4, -0.2) is 41.2 Å². The SMILES string of the molecule is CC(C)CCCCCCCCCCCCCCC(=O)NOC(=O)C(CC(=O)O)S(=O)(=O)O. The third kappa shape index (κ3) is 17.9. The van der Waals surface area contributed by atoms with Crippen molar-refractivity contribution in [2.75, 3.05) is 0 Å². The van der Waals surface area contributed by atoms with Crippen LogP contribution in [0, 0.1) is 5.92 Å². The number of amides is 1. The molecule has 0 rings (SSSR count). The molecular formula is C22H41NO8S. The topological polar surface area (TPSA) is 147 Å². The van der Waals surface area contributed by atoms with Gasteiger partial charge in [-0.3, -0.25) is 14.1 Å². The Hall–Kier alpha value is -1.68. The van der Waals surface area contributed by atoms with E-state index < -0.39 is 39.6 Å². The van der Waals surface area contributed by atoms with E-state index in [0.29, 0.717) is 6.42 Å². The second-order valence-electron chi connectivity index (χ2n) is 8.72. The summed E-state index contributed by atoms with van der Waals surface area (Å²) in [5.41, 5.74) is 1.80. The number of hydrogen-bond donors (Lipinski definition) is 3. The molecule has 0 bridgehead atoms. The predicted molar refractivity (Wildman–Crippen MR) is 121 cm³/mol. The minimum Gasteiger partial charge on any atom is -0.481 e. The van der Waals surface area contributed by atoms with Crippen molar-refractivity contribution in [2.45, 2.75) is 115 Å². The predicted octanol–water partition coefficient (Wildman–Crippen LogP) is 4.41. The van der Waals surface area contributed by atoms with Crippen molar-refractivity contribution >= 4 is 28.0 Å². The van der Waals surface area contributed by atoms with Crippen LogP contribution in [0.3, 0.4) is 0 Å². The second-order valence-corrected chi connectivity index (χ2v) is 10.3. The lowest BCUT2D eigenvalue weighted by Gasteiger charge is -2.11. The van der Waals surface area contributed by atoms with Gasteiger partial charge in [-0.1, -0.05) is 90.9 Å². The standard InChI is InChI=1S/C22H41NO8S/c1-18(2)15-13-11-9-7-5-3-4-6-8-10-12-14-16-20(24)23-31-22(27)19(17-21(25)26)32(28,29)30/h18-19H,3-17H2,1-2H3,(H,23,24)(H,25,26)(H,28,29,30). The maximum Gasteiger partial charge on any atom is 0.353 e. The van der Waals surface area contributed by atoms with Gasteiger partial charge in [-0.2, -0.15) is 13.9 Å². The van der Waals surface area contributed by atoms with Gasteiger partial charge in [-0.25, -0.2) is 4.79 Å². The number of hydroxylamine groups is 1. The number of carboxylic acids is 1. The number of carbonyl (C=O) groups is 3. The third-order valence-corrected chi connectivity index (χ3v) is 6.26. The van der Waals surface area contributed by atoms with Gasteiger partial charge in [-0.05, 0) is 12.3 Å². The molecule has 0 aliphatic carbocycles. The van der Waals surface area contributed by atoms with Crippen molar-refractivity contribution in [3.63, 3.8) is 0 Å². The number of hydrogen-bond acceptors (Lipinski definition) is 6. The first kappa shape index (κ1) is 30.3. The first-order valence-corrected chi connectivity index (χ1v) is 13.2. The fraction of sp³-hybridized carbons (Fsp3) is 0.864. The highest BCUT2D eigenvalue weighted by Crippen LogP contribution is 2.14. The van der Waals surface area contributed by atoms with E-state index in [0.717, 1.165) is 25.2 Å². The van der Waals surface area contributed by atoms with Crippen LogP contribution in [0.25, 0.3) is 0 Å². The minimum absolute atomic E-state index is 0.0968. The molecule has 0 fully saturated rings. The summed E-state index contributed by atoms with van der Waals surface area (Å²) in [6.07, 6.45) is 14.1. The molecule has 0 aliphatic heterocycles. The number of rotatable bonds is 19. The van der Waals surface area contributed by atoms with Crippen LogP contribution in [-0.2, 0) is 29.3 Å². The number of unbranched alkanes of at least 4 members (excludes halogenated alkanes) is 11. The van der Waals surface area contributed by atoms with E-state index in [2.05, 4.69) is 18.7 Å². The quantitative estimate of drug-likeness (QED) is 0.140. The van der Waals surface area contributed by atoms with Gasteiger partial charge in [0, 0.05) is 6.42 Å². The molecule has 0 aromatic carbocycles. The van der Waals surface area contributed by atoms with Crippen LogP contribution >= 0.6 is 0 Å². The average Bonchev–Trinajstić information content (AvgIpc) is 2.69. The Labute approximate surface area is 192 Å². The fourth-order valence-electron chi connectivity index (χ4n) is 3.30. The highest BCUT2D eigenvalue weighted by atomic mass is 32.2. The molecule has 9 nitrogen and oxygen atoms in total. The smallest absolute Gasteiger partial charge is 0.353 e. The molecule has 1 atom stereocenters. The van der Waals surface area contributed by atoms with E-state index in [1.165, 1.54) is 57.8 Å². The number of carbonyl (C=O) groups excluding carboxylic acids is 2. The molecule has 10 heteroatoms. The fourth-order valence-corrected chi connectivity index (χ4v) is 3.94. The van der Waals surface area contributed by atoms with Crippen LogP contribution in [0.5, 0.6) is 0 Å². The first-order chi connectivity index (χ1) is 15.0. The summed E-state index contributed by atoms with van der Waals surface area (Å²) in [5, 5.41) is 6.32. The van der Waals surface area contributed by atoms with Crippen molar-refractivity contribution in [3.05, 3.63) is 0 Å². The number of carboxylic acid groups (broad SMARTS) is 1. The number of nitrogens with one attached hydrogen (secondary N) is 1. The van der Waals surface area contributed by atoms with E-state index in [1.54, 1.807) is 5.48 Å². The Morgan fingerprint density at radius 3 is 1.66 bits per heavy atom. The van der Waals surface area contributed by atoms with E-state index in [4.69, 9.17) is 9.66 Å². The van der Waals surface area contributed by atoms with Crippen LogP contribution in [0.1, 0.15) is 110 Å². The Balaban J connectivity index is 3.66. The second kappa shape index (κ2) is 17.8. The van der Waals surface area contributed by atoms with Gasteiger partial charge in [0.05, 0.1) is 6.42 Å². The molecule has 188 valence electrons. The van der Waals surface area contributed by atoms with E-state index in [1.807, 2.05) is 0 Å². The average molecular weight is 480 g/mol. The lowest BCUT2D eigenvalue weighted by molar-refractivity contribution is -0.159. The number of aliphatic carboxylic acids is 1. The highest BCUT2D eigenvalue weighted by molar-refractivity contribution is 7.87. The zero-order valence-electron chi connectivity index (χ0n) is 19.5. The summed E-state index contributed by atoms with van der Waals surface area (Å²) >= 11 is 0. The van der Waals surface area contributed by atoms with Gasteiger partial charge in [0.15, 0.2) is 5.25 Å². The summed E-state index contributed by atoms with van der Waals surface area (Å²) < 4.78 is 31.0. The summed E-state index contributed by atoms with van der Waals surface area (Å²) in [7, 11) is -4.96. The molecule has 1 amide bonds. The zero-order chi connectivity index (χ0) is 24.4. The first-order valence-electron chi connectivity index (χ1n) is 11.7. The molecule has 0 aromatic rings. The zero-order valence-corrected chi connectivity index (χ0v) is 20.3. The molecule has 3 N–H and O–H groups in total. The van der Waals surface area contributed by atoms with Gasteiger partial charge >= 0.3 is 11.9 Å². The molecule has 0 radical (unpaired) electrons. The van der Waals surface area contributed by atoms with E-state index >= 15 is 0 Å². The monoisotopic (exact) mass is 479 g/mol. The summed E-state index contributed by atoms with van der Waals surface area (Å²) in [6.45, 7) is 4.53. The van der Waals surface area contributed by atoms with Gasteiger partial charge < -0.3 is 9.94 Å². The van der Waals surface area contributed by atoms with Crippen molar-refractivity contribution in [1.29, 1.82) is 0 Å². The van der Waals surface area contributed by atoms with Gasteiger partial charge in [0.25, 0.3) is 16.0 Å². The molecule has 0 spiro atoms. The Kier molecular flexibility index (Phi) is 16.9. The molecule has 1 unspecified atom stereocenters. The maximum atomic E-state index is 11.7. The van der Waals surface area contributed by atoms with Crippen LogP contribution in [0.4, 0.5) is 0 Å². The molecular weight excluding hydrogens is 438 g/mol. The van der Waals surface area contributed by atoms with Crippen LogP contribution < -0.4 is 5.48 Å². The van der Waals surface area contributed by atoms with Gasteiger partial charge in [-0.15, -0.1) is 0 Å². The van der Waals surface area contributed by atoms with Crippen molar-refractivity contribution < 1.29 is 37.3 Å². The Morgan fingerprint density at radius 2 is 1.25 bits per heavy atom.